The lowest BCUT2D eigenvalue weighted by molar-refractivity contribution is 0.392. The number of hydrogen-bond donors (Lipinski definition) is 1. The minimum Gasteiger partial charge on any atom is -0.496 e. The van der Waals surface area contributed by atoms with Gasteiger partial charge in [-0.1, -0.05) is 36.4 Å². The van der Waals surface area contributed by atoms with E-state index in [9.17, 15) is 0 Å². The highest BCUT2D eigenvalue weighted by molar-refractivity contribution is 5.76. The summed E-state index contributed by atoms with van der Waals surface area (Å²) in [5, 5.41) is 0. The molecule has 0 amide bonds. The Morgan fingerprint density at radius 3 is 2.27 bits per heavy atom. The molecule has 0 saturated carbocycles. The second-order valence-corrected chi connectivity index (χ2v) is 5.05. The molecule has 116 valence electrons. The van der Waals surface area contributed by atoms with Crippen LogP contribution in [0.3, 0.4) is 0 Å². The van der Waals surface area contributed by atoms with Crippen molar-refractivity contribution < 1.29 is 9.47 Å². The second kappa shape index (κ2) is 8.25. The van der Waals surface area contributed by atoms with E-state index >= 15 is 0 Å². The van der Waals surface area contributed by atoms with Crippen molar-refractivity contribution in [1.82, 2.24) is 0 Å². The van der Waals surface area contributed by atoms with E-state index in [4.69, 9.17) is 15.2 Å². The Kier molecular flexibility index (Phi) is 6.04. The minimum absolute atomic E-state index is 0.721. The average molecular weight is 297 g/mol. The van der Waals surface area contributed by atoms with Gasteiger partial charge in [0, 0.05) is 0 Å². The highest BCUT2D eigenvalue weighted by atomic mass is 16.5. The molecule has 3 heteroatoms. The predicted molar refractivity (Wildman–Crippen MR) is 92.3 cm³/mol. The predicted octanol–water partition coefficient (Wildman–Crippen LogP) is 3.77. The first-order valence-corrected chi connectivity index (χ1v) is 7.46. The first-order chi connectivity index (χ1) is 10.8. The Hall–Kier alpha value is -2.26. The van der Waals surface area contributed by atoms with Gasteiger partial charge in [-0.25, -0.2) is 0 Å². The van der Waals surface area contributed by atoms with E-state index in [-0.39, 0.29) is 0 Å². The molecule has 2 N–H and O–H groups in total. The molecule has 2 aromatic rings. The Morgan fingerprint density at radius 2 is 1.64 bits per heavy atom. The Labute approximate surface area is 132 Å². The van der Waals surface area contributed by atoms with Crippen molar-refractivity contribution >= 4 is 12.2 Å². The molecule has 0 aromatic heterocycles. The molecular weight excluding hydrogens is 274 g/mol. The zero-order valence-electron chi connectivity index (χ0n) is 13.2. The summed E-state index contributed by atoms with van der Waals surface area (Å²) in [5.41, 5.74) is 8.98. The van der Waals surface area contributed by atoms with Gasteiger partial charge in [-0.05, 0) is 48.7 Å². The van der Waals surface area contributed by atoms with Gasteiger partial charge in [0.15, 0.2) is 0 Å². The van der Waals surface area contributed by atoms with Crippen LogP contribution in [0.2, 0.25) is 0 Å². The molecule has 3 nitrogen and oxygen atoms in total. The van der Waals surface area contributed by atoms with Crippen molar-refractivity contribution in [3.05, 3.63) is 59.2 Å². The summed E-state index contributed by atoms with van der Waals surface area (Å²) in [6, 6.07) is 14.3. The fourth-order valence-electron chi connectivity index (χ4n) is 2.38. The standard InChI is InChI=1S/C19H23NO2/c1-21-18-9-4-10-19(22-2)17(18)12-11-16-7-3-6-15(14-16)8-5-13-20/h3-4,6-7,9-12,14H,5,8,13,20H2,1-2H3. The first-order valence-electron chi connectivity index (χ1n) is 7.46. The van der Waals surface area contributed by atoms with Crippen LogP contribution in [0, 0.1) is 0 Å². The maximum atomic E-state index is 5.57. The van der Waals surface area contributed by atoms with Crippen molar-refractivity contribution in [2.24, 2.45) is 5.73 Å². The topological polar surface area (TPSA) is 44.5 Å². The number of aryl methyl sites for hydroxylation is 1. The van der Waals surface area contributed by atoms with Crippen molar-refractivity contribution in [2.75, 3.05) is 20.8 Å². The summed E-state index contributed by atoms with van der Waals surface area (Å²) in [7, 11) is 3.33. The van der Waals surface area contributed by atoms with Crippen LogP contribution in [0.5, 0.6) is 11.5 Å². The molecule has 0 saturated heterocycles. The van der Waals surface area contributed by atoms with Crippen LogP contribution in [0.25, 0.3) is 12.2 Å². The van der Waals surface area contributed by atoms with Gasteiger partial charge in [0.05, 0.1) is 19.8 Å². The lowest BCUT2D eigenvalue weighted by Gasteiger charge is -2.09. The molecule has 0 aliphatic carbocycles. The summed E-state index contributed by atoms with van der Waals surface area (Å²) in [6.07, 6.45) is 6.12. The third-order valence-electron chi connectivity index (χ3n) is 3.53. The van der Waals surface area contributed by atoms with E-state index in [0.717, 1.165) is 42.0 Å². The molecule has 0 unspecified atom stereocenters. The fourth-order valence-corrected chi connectivity index (χ4v) is 2.38. The molecule has 0 aliphatic heterocycles. The smallest absolute Gasteiger partial charge is 0.129 e. The van der Waals surface area contributed by atoms with Gasteiger partial charge in [0.25, 0.3) is 0 Å². The lowest BCUT2D eigenvalue weighted by Crippen LogP contribution is -2.00. The van der Waals surface area contributed by atoms with E-state index in [1.54, 1.807) is 14.2 Å². The van der Waals surface area contributed by atoms with Crippen LogP contribution in [0.4, 0.5) is 0 Å². The SMILES string of the molecule is COc1cccc(OC)c1C=Cc1cccc(CCCN)c1. The molecule has 0 bridgehead atoms. The molecule has 0 atom stereocenters. The van der Waals surface area contributed by atoms with Gasteiger partial charge in [-0.15, -0.1) is 0 Å². The van der Waals surface area contributed by atoms with E-state index in [1.165, 1.54) is 5.56 Å². The van der Waals surface area contributed by atoms with Gasteiger partial charge in [-0.2, -0.15) is 0 Å². The summed E-state index contributed by atoms with van der Waals surface area (Å²) in [5.74, 6) is 1.60. The average Bonchev–Trinajstić information content (AvgIpc) is 2.58. The number of methoxy groups -OCH3 is 2. The molecule has 2 rings (SSSR count). The largest absolute Gasteiger partial charge is 0.496 e. The van der Waals surface area contributed by atoms with Crippen molar-refractivity contribution in [2.45, 2.75) is 12.8 Å². The van der Waals surface area contributed by atoms with Gasteiger partial charge >= 0.3 is 0 Å². The van der Waals surface area contributed by atoms with Crippen LogP contribution in [0.15, 0.2) is 42.5 Å². The minimum atomic E-state index is 0.721. The zero-order chi connectivity index (χ0) is 15.8. The third-order valence-corrected chi connectivity index (χ3v) is 3.53. The highest BCUT2D eigenvalue weighted by Gasteiger charge is 2.06. The molecule has 22 heavy (non-hydrogen) atoms. The molecule has 0 radical (unpaired) electrons. The van der Waals surface area contributed by atoms with Crippen LogP contribution in [0.1, 0.15) is 23.1 Å². The van der Waals surface area contributed by atoms with E-state index in [0.29, 0.717) is 0 Å². The summed E-state index contributed by atoms with van der Waals surface area (Å²) in [6.45, 7) is 0.721. The molecular formula is C19H23NO2. The second-order valence-electron chi connectivity index (χ2n) is 5.05. The van der Waals surface area contributed by atoms with E-state index in [1.807, 2.05) is 24.3 Å². The monoisotopic (exact) mass is 297 g/mol. The van der Waals surface area contributed by atoms with Crippen LogP contribution >= 0.6 is 0 Å². The number of hydrogen-bond acceptors (Lipinski definition) is 3. The van der Waals surface area contributed by atoms with E-state index in [2.05, 4.69) is 30.3 Å². The Morgan fingerprint density at radius 1 is 0.955 bits per heavy atom. The number of benzene rings is 2. The third kappa shape index (κ3) is 4.12. The molecule has 0 aliphatic rings. The number of rotatable bonds is 7. The molecule has 0 fully saturated rings. The van der Waals surface area contributed by atoms with Gasteiger partial charge in [0.2, 0.25) is 0 Å². The molecule has 0 spiro atoms. The van der Waals surface area contributed by atoms with Crippen LogP contribution < -0.4 is 15.2 Å². The van der Waals surface area contributed by atoms with Crippen LogP contribution in [-0.2, 0) is 6.42 Å². The normalized spacial score (nSPS) is 10.9. The highest BCUT2D eigenvalue weighted by Crippen LogP contribution is 2.30. The van der Waals surface area contributed by atoms with Crippen molar-refractivity contribution in [3.63, 3.8) is 0 Å². The van der Waals surface area contributed by atoms with Crippen LogP contribution in [-0.4, -0.2) is 20.8 Å². The quantitative estimate of drug-likeness (QED) is 0.791. The maximum Gasteiger partial charge on any atom is 0.129 e. The lowest BCUT2D eigenvalue weighted by atomic mass is 10.0. The maximum absolute atomic E-state index is 5.57. The van der Waals surface area contributed by atoms with Gasteiger partial charge in [0.1, 0.15) is 11.5 Å². The summed E-state index contributed by atoms with van der Waals surface area (Å²) in [4.78, 5) is 0. The first kappa shape index (κ1) is 16.1. The Balaban J connectivity index is 2.25. The number of nitrogens with two attached hydrogens (primary N) is 1. The Bertz CT molecular complexity index is 613. The zero-order valence-corrected chi connectivity index (χ0v) is 13.2. The molecule has 2 aromatic carbocycles. The summed E-state index contributed by atoms with van der Waals surface area (Å²) >= 11 is 0. The fraction of sp³-hybridized carbons (Fsp3) is 0.263. The molecule has 0 heterocycles. The van der Waals surface area contributed by atoms with Crippen molar-refractivity contribution in [3.8, 4) is 11.5 Å². The van der Waals surface area contributed by atoms with Gasteiger partial charge < -0.3 is 15.2 Å². The number of ether oxygens (including phenoxy) is 2. The van der Waals surface area contributed by atoms with Gasteiger partial charge in [-0.3, -0.25) is 0 Å². The van der Waals surface area contributed by atoms with E-state index < -0.39 is 0 Å². The summed E-state index contributed by atoms with van der Waals surface area (Å²) < 4.78 is 10.8. The van der Waals surface area contributed by atoms with Crippen molar-refractivity contribution in [1.29, 1.82) is 0 Å².